The van der Waals surface area contributed by atoms with Crippen LogP contribution in [0.25, 0.3) is 0 Å². The maximum Gasteiger partial charge on any atom is 0.288 e. The van der Waals surface area contributed by atoms with Gasteiger partial charge in [0.15, 0.2) is 0 Å². The third-order valence-corrected chi connectivity index (χ3v) is 7.81. The van der Waals surface area contributed by atoms with Crippen LogP contribution in [0.3, 0.4) is 0 Å². The van der Waals surface area contributed by atoms with Gasteiger partial charge in [-0.25, -0.2) is 0 Å². The number of thiophene rings is 1. The zero-order valence-corrected chi connectivity index (χ0v) is 23.3. The Hall–Kier alpha value is -3.31. The number of hydrogen-bond donors (Lipinski definition) is 0. The maximum absolute atomic E-state index is 13.8. The second-order valence-electron chi connectivity index (χ2n) is 9.35. The Bertz CT molecular complexity index is 1300. The summed E-state index contributed by atoms with van der Waals surface area (Å²) in [5, 5.41) is 11.4. The first-order valence-electron chi connectivity index (χ1n) is 12.7. The van der Waals surface area contributed by atoms with Crippen molar-refractivity contribution < 1.29 is 19.2 Å². The lowest BCUT2D eigenvalue weighted by Gasteiger charge is -2.31. The first-order chi connectivity index (χ1) is 18.8. The molecule has 206 valence electrons. The van der Waals surface area contributed by atoms with E-state index in [1.54, 1.807) is 16.2 Å². The van der Waals surface area contributed by atoms with Crippen LogP contribution in [0.15, 0.2) is 60.7 Å². The van der Waals surface area contributed by atoms with E-state index in [1.165, 1.54) is 23.1 Å². The van der Waals surface area contributed by atoms with Gasteiger partial charge in [-0.1, -0.05) is 41.9 Å². The molecular weight excluding hydrogens is 540 g/mol. The monoisotopic (exact) mass is 570 g/mol. The molecule has 0 unspecified atom stereocenters. The zero-order valence-electron chi connectivity index (χ0n) is 21.8. The van der Waals surface area contributed by atoms with Crippen LogP contribution in [0.2, 0.25) is 5.02 Å². The number of rotatable bonds is 11. The molecule has 0 spiro atoms. The van der Waals surface area contributed by atoms with E-state index in [4.69, 9.17) is 16.3 Å². The van der Waals surface area contributed by atoms with Crippen molar-refractivity contribution in [3.63, 3.8) is 0 Å². The van der Waals surface area contributed by atoms with E-state index in [2.05, 4.69) is 4.90 Å². The third kappa shape index (κ3) is 8.09. The number of aryl methyl sites for hydroxylation is 1. The lowest BCUT2D eigenvalue weighted by molar-refractivity contribution is -0.384. The van der Waals surface area contributed by atoms with Gasteiger partial charge in [0.05, 0.1) is 24.7 Å². The van der Waals surface area contributed by atoms with Gasteiger partial charge in [0.2, 0.25) is 5.91 Å². The summed E-state index contributed by atoms with van der Waals surface area (Å²) in [7, 11) is 0. The Kier molecular flexibility index (Phi) is 10.0. The molecule has 0 atom stereocenters. The molecule has 1 saturated heterocycles. The highest BCUT2D eigenvalue weighted by Gasteiger charge is 2.26. The van der Waals surface area contributed by atoms with Crippen molar-refractivity contribution in [1.29, 1.82) is 0 Å². The van der Waals surface area contributed by atoms with Gasteiger partial charge >= 0.3 is 0 Å². The minimum atomic E-state index is -0.618. The number of halogens is 1. The smallest absolute Gasteiger partial charge is 0.288 e. The van der Waals surface area contributed by atoms with E-state index >= 15 is 0 Å². The lowest BCUT2D eigenvalue weighted by atomic mass is 10.1. The van der Waals surface area contributed by atoms with Crippen LogP contribution in [0.5, 0.6) is 0 Å². The fourth-order valence-corrected chi connectivity index (χ4v) is 5.46. The molecule has 0 N–H and O–H groups in total. The number of carbonyl (C=O) groups is 2. The Morgan fingerprint density at radius 2 is 1.79 bits per heavy atom. The normalized spacial score (nSPS) is 13.7. The van der Waals surface area contributed by atoms with Crippen molar-refractivity contribution in [3.8, 4) is 0 Å². The molecule has 0 radical (unpaired) electrons. The molecule has 4 rings (SSSR count). The maximum atomic E-state index is 13.8. The number of nitrogens with zero attached hydrogens (tertiary/aromatic N) is 4. The number of nitro groups is 1. The topological polar surface area (TPSA) is 96.2 Å². The molecule has 0 aliphatic carbocycles. The lowest BCUT2D eigenvalue weighted by Crippen LogP contribution is -2.47. The molecule has 39 heavy (non-hydrogen) atoms. The highest BCUT2D eigenvalue weighted by molar-refractivity contribution is 7.11. The van der Waals surface area contributed by atoms with E-state index in [9.17, 15) is 19.7 Å². The highest BCUT2D eigenvalue weighted by Crippen LogP contribution is 2.26. The highest BCUT2D eigenvalue weighted by atomic mass is 35.5. The fraction of sp³-hybridized carbons (Fsp3) is 0.357. The van der Waals surface area contributed by atoms with E-state index < -0.39 is 10.8 Å². The van der Waals surface area contributed by atoms with Crippen LogP contribution < -0.4 is 0 Å². The third-order valence-electron chi connectivity index (χ3n) is 6.50. The van der Waals surface area contributed by atoms with Gasteiger partial charge in [-0.15, -0.1) is 11.3 Å². The van der Waals surface area contributed by atoms with Crippen LogP contribution in [0.4, 0.5) is 5.69 Å². The van der Waals surface area contributed by atoms with Crippen molar-refractivity contribution in [2.24, 2.45) is 0 Å². The number of ether oxygens (including phenoxy) is 1. The van der Waals surface area contributed by atoms with Gasteiger partial charge in [-0.2, -0.15) is 0 Å². The molecule has 1 aliphatic heterocycles. The molecule has 1 fully saturated rings. The summed E-state index contributed by atoms with van der Waals surface area (Å²) >= 11 is 7.61. The SMILES string of the molecule is Cc1ccc(CN(Cc2ccccc2)C(=O)CN(CCN2CCOCC2)C(=O)c2ccc(Cl)c([N+](=O)[O-])c2)s1. The fourth-order valence-electron chi connectivity index (χ4n) is 4.37. The summed E-state index contributed by atoms with van der Waals surface area (Å²) in [6.07, 6.45) is 0. The summed E-state index contributed by atoms with van der Waals surface area (Å²) in [5.41, 5.74) is 0.753. The zero-order chi connectivity index (χ0) is 27.8. The van der Waals surface area contributed by atoms with Crippen LogP contribution in [0.1, 0.15) is 25.7 Å². The summed E-state index contributed by atoms with van der Waals surface area (Å²) in [5.74, 6) is -0.660. The quantitative estimate of drug-likeness (QED) is 0.246. The molecule has 0 bridgehead atoms. The molecule has 9 nitrogen and oxygen atoms in total. The molecule has 2 heterocycles. The van der Waals surface area contributed by atoms with E-state index in [0.29, 0.717) is 32.8 Å². The van der Waals surface area contributed by atoms with Gasteiger partial charge in [-0.05, 0) is 36.8 Å². The predicted octanol–water partition coefficient (Wildman–Crippen LogP) is 4.62. The summed E-state index contributed by atoms with van der Waals surface area (Å²) in [6, 6.07) is 17.7. The van der Waals surface area contributed by atoms with Crippen LogP contribution >= 0.6 is 22.9 Å². The van der Waals surface area contributed by atoms with Crippen LogP contribution in [0, 0.1) is 17.0 Å². The Morgan fingerprint density at radius 3 is 2.46 bits per heavy atom. The molecule has 0 saturated carbocycles. The second kappa shape index (κ2) is 13.7. The van der Waals surface area contributed by atoms with Crippen LogP contribution in [-0.4, -0.2) is 77.4 Å². The summed E-state index contributed by atoms with van der Waals surface area (Å²) in [4.78, 5) is 45.8. The summed E-state index contributed by atoms with van der Waals surface area (Å²) < 4.78 is 5.42. The molecular formula is C28H31ClN4O5S. The number of amides is 2. The molecule has 1 aromatic heterocycles. The first-order valence-corrected chi connectivity index (χ1v) is 13.9. The van der Waals surface area contributed by atoms with Crippen molar-refractivity contribution in [1.82, 2.24) is 14.7 Å². The Morgan fingerprint density at radius 1 is 1.05 bits per heavy atom. The largest absolute Gasteiger partial charge is 0.379 e. The van der Waals surface area contributed by atoms with Gasteiger partial charge in [0, 0.05) is 54.1 Å². The average molecular weight is 571 g/mol. The van der Waals surface area contributed by atoms with Crippen molar-refractivity contribution >= 4 is 40.4 Å². The number of morpholine rings is 1. The average Bonchev–Trinajstić information content (AvgIpc) is 3.35. The number of carbonyl (C=O) groups excluding carboxylic acids is 2. The molecule has 2 aromatic carbocycles. The van der Waals surface area contributed by atoms with Gasteiger partial charge in [0.1, 0.15) is 11.6 Å². The molecule has 3 aromatic rings. The van der Waals surface area contributed by atoms with E-state index in [1.807, 2.05) is 49.4 Å². The predicted molar refractivity (Wildman–Crippen MR) is 151 cm³/mol. The van der Waals surface area contributed by atoms with E-state index in [0.717, 1.165) is 28.4 Å². The first kappa shape index (κ1) is 28.7. The Balaban J connectivity index is 1.57. The standard InChI is InChI=1S/C28H31ClN4O5S/c1-21-7-9-24(39-21)19-32(18-22-5-3-2-4-6-22)27(34)20-31(12-11-30-13-15-38-16-14-30)28(35)23-8-10-25(29)26(17-23)33(36)37/h2-10,17H,11-16,18-20H2,1H3. The van der Waals surface area contributed by atoms with Crippen molar-refractivity contribution in [2.45, 2.75) is 20.0 Å². The molecule has 2 amide bonds. The minimum absolute atomic E-state index is 0.0484. The number of hydrogen-bond acceptors (Lipinski definition) is 7. The molecule has 11 heteroatoms. The van der Waals surface area contributed by atoms with Crippen molar-refractivity contribution in [2.75, 3.05) is 45.9 Å². The van der Waals surface area contributed by atoms with Crippen LogP contribution in [-0.2, 0) is 22.6 Å². The van der Waals surface area contributed by atoms with Gasteiger partial charge < -0.3 is 14.5 Å². The molecule has 1 aliphatic rings. The van der Waals surface area contributed by atoms with Crippen molar-refractivity contribution in [3.05, 3.63) is 96.7 Å². The Labute approximate surface area is 236 Å². The van der Waals surface area contributed by atoms with Gasteiger partial charge in [0.25, 0.3) is 11.6 Å². The van der Waals surface area contributed by atoms with E-state index in [-0.39, 0.29) is 35.3 Å². The second-order valence-corrected chi connectivity index (χ2v) is 11.1. The summed E-state index contributed by atoms with van der Waals surface area (Å²) in [6.45, 7) is 6.23. The van der Waals surface area contributed by atoms with Gasteiger partial charge in [-0.3, -0.25) is 24.6 Å². The minimum Gasteiger partial charge on any atom is -0.379 e. The number of nitro benzene ring substituents is 1. The number of benzene rings is 2.